The van der Waals surface area contributed by atoms with E-state index in [1.807, 2.05) is 0 Å². The van der Waals surface area contributed by atoms with Crippen molar-refractivity contribution in [2.24, 2.45) is 5.92 Å². The Morgan fingerprint density at radius 2 is 2.12 bits per heavy atom. The molecule has 24 heavy (non-hydrogen) atoms. The lowest BCUT2D eigenvalue weighted by molar-refractivity contribution is -0.137. The normalized spacial score (nSPS) is 21.7. The Kier molecular flexibility index (Phi) is 4.67. The highest BCUT2D eigenvalue weighted by molar-refractivity contribution is 7.22. The van der Waals surface area contributed by atoms with Crippen molar-refractivity contribution in [3.63, 3.8) is 0 Å². The maximum absolute atomic E-state index is 12.7. The first-order valence-electron chi connectivity index (χ1n) is 7.86. The van der Waals surface area contributed by atoms with Crippen LogP contribution in [-0.4, -0.2) is 17.1 Å². The van der Waals surface area contributed by atoms with Crippen LogP contribution in [0.3, 0.4) is 0 Å². The molecule has 1 aliphatic rings. The van der Waals surface area contributed by atoms with Gasteiger partial charge in [-0.15, -0.1) is 0 Å². The number of carbonyl (C=O) groups excluding carboxylic acids is 1. The van der Waals surface area contributed by atoms with Crippen LogP contribution >= 0.6 is 11.3 Å². The number of hydrogen-bond acceptors (Lipinski definition) is 3. The van der Waals surface area contributed by atoms with E-state index >= 15 is 0 Å². The van der Waals surface area contributed by atoms with Crippen molar-refractivity contribution < 1.29 is 18.0 Å². The number of aromatic nitrogens is 1. The summed E-state index contributed by atoms with van der Waals surface area (Å²) in [5, 5.41) is 5.84. The van der Waals surface area contributed by atoms with Gasteiger partial charge in [-0.3, -0.25) is 5.32 Å². The second kappa shape index (κ2) is 6.58. The van der Waals surface area contributed by atoms with Gasteiger partial charge in [-0.1, -0.05) is 31.1 Å². The number of benzene rings is 1. The van der Waals surface area contributed by atoms with Crippen LogP contribution in [0, 0.1) is 5.92 Å². The molecule has 4 nitrogen and oxygen atoms in total. The van der Waals surface area contributed by atoms with E-state index < -0.39 is 11.7 Å². The Morgan fingerprint density at radius 3 is 2.83 bits per heavy atom. The predicted octanol–water partition coefficient (Wildman–Crippen LogP) is 5.02. The molecule has 1 saturated carbocycles. The first-order chi connectivity index (χ1) is 11.3. The van der Waals surface area contributed by atoms with Gasteiger partial charge in [-0.05, 0) is 37.0 Å². The van der Waals surface area contributed by atoms with Gasteiger partial charge >= 0.3 is 12.2 Å². The molecule has 2 aromatic rings. The van der Waals surface area contributed by atoms with Crippen LogP contribution in [-0.2, 0) is 6.18 Å². The summed E-state index contributed by atoms with van der Waals surface area (Å²) in [5.74, 6) is 0.590. The lowest BCUT2D eigenvalue weighted by Crippen LogP contribution is -2.40. The predicted molar refractivity (Wildman–Crippen MR) is 88.2 cm³/mol. The summed E-state index contributed by atoms with van der Waals surface area (Å²) in [6, 6.07) is 3.15. The third kappa shape index (κ3) is 3.98. The fourth-order valence-electron chi connectivity index (χ4n) is 3.04. The number of thiazole rings is 1. The molecular formula is C16H18F3N3OS. The highest BCUT2D eigenvalue weighted by atomic mass is 32.1. The van der Waals surface area contributed by atoms with E-state index in [0.717, 1.165) is 42.7 Å². The Labute approximate surface area is 141 Å². The molecule has 130 valence electrons. The topological polar surface area (TPSA) is 54.0 Å². The number of nitrogens with one attached hydrogen (secondary N) is 2. The average Bonchev–Trinajstić information content (AvgIpc) is 2.87. The van der Waals surface area contributed by atoms with Crippen molar-refractivity contribution >= 4 is 32.7 Å². The van der Waals surface area contributed by atoms with E-state index in [0.29, 0.717) is 21.3 Å². The van der Waals surface area contributed by atoms with Crippen LogP contribution in [0.1, 0.15) is 38.2 Å². The SMILES string of the molecule is CC1CCCC(NC(=O)Nc2nc3ccc(C(F)(F)F)cc3s2)C1. The third-order valence-corrected chi connectivity index (χ3v) is 5.14. The largest absolute Gasteiger partial charge is 0.416 e. The summed E-state index contributed by atoms with van der Waals surface area (Å²) in [6.07, 6.45) is -0.220. The number of urea groups is 1. The van der Waals surface area contributed by atoms with Gasteiger partial charge in [0.2, 0.25) is 0 Å². The molecule has 1 aliphatic carbocycles. The van der Waals surface area contributed by atoms with Crippen molar-refractivity contribution in [3.8, 4) is 0 Å². The average molecular weight is 357 g/mol. The Balaban J connectivity index is 1.67. The fourth-order valence-corrected chi connectivity index (χ4v) is 3.94. The molecule has 0 bridgehead atoms. The molecular weight excluding hydrogens is 339 g/mol. The number of anilines is 1. The van der Waals surface area contributed by atoms with Crippen molar-refractivity contribution in [1.29, 1.82) is 0 Å². The standard InChI is InChI=1S/C16H18F3N3OS/c1-9-3-2-4-11(7-9)20-14(23)22-15-21-12-6-5-10(16(17,18)19)8-13(12)24-15/h5-6,8-9,11H,2-4,7H2,1H3,(H2,20,21,22,23). The summed E-state index contributed by atoms with van der Waals surface area (Å²) in [6.45, 7) is 2.16. The minimum Gasteiger partial charge on any atom is -0.335 e. The first kappa shape index (κ1) is 17.0. The van der Waals surface area contributed by atoms with Crippen LogP contribution in [0.25, 0.3) is 10.2 Å². The highest BCUT2D eigenvalue weighted by Crippen LogP contribution is 2.34. The minimum absolute atomic E-state index is 0.139. The van der Waals surface area contributed by atoms with Gasteiger partial charge < -0.3 is 5.32 Å². The van der Waals surface area contributed by atoms with Gasteiger partial charge in [-0.2, -0.15) is 13.2 Å². The maximum atomic E-state index is 12.7. The van der Waals surface area contributed by atoms with Gasteiger partial charge in [0.1, 0.15) is 0 Å². The third-order valence-electron chi connectivity index (χ3n) is 4.21. The summed E-state index contributed by atoms with van der Waals surface area (Å²) in [7, 11) is 0. The molecule has 0 radical (unpaired) electrons. The number of halogens is 3. The number of amides is 2. The van der Waals surface area contributed by atoms with Gasteiger partial charge in [-0.25, -0.2) is 9.78 Å². The molecule has 1 heterocycles. The number of rotatable bonds is 2. The van der Waals surface area contributed by atoms with Crippen molar-refractivity contribution in [2.45, 2.75) is 44.8 Å². The van der Waals surface area contributed by atoms with Crippen molar-refractivity contribution in [2.75, 3.05) is 5.32 Å². The first-order valence-corrected chi connectivity index (χ1v) is 8.68. The summed E-state index contributed by atoms with van der Waals surface area (Å²) in [4.78, 5) is 16.2. The Hall–Kier alpha value is -1.83. The van der Waals surface area contributed by atoms with Gasteiger partial charge in [0.15, 0.2) is 5.13 Å². The van der Waals surface area contributed by atoms with E-state index in [9.17, 15) is 18.0 Å². The highest BCUT2D eigenvalue weighted by Gasteiger charge is 2.30. The number of carbonyl (C=O) groups is 1. The Morgan fingerprint density at radius 1 is 1.33 bits per heavy atom. The van der Waals surface area contributed by atoms with Crippen LogP contribution < -0.4 is 10.6 Å². The van der Waals surface area contributed by atoms with E-state index in [2.05, 4.69) is 22.5 Å². The molecule has 2 atom stereocenters. The van der Waals surface area contributed by atoms with Crippen LogP contribution in [0.2, 0.25) is 0 Å². The van der Waals surface area contributed by atoms with Crippen LogP contribution in [0.15, 0.2) is 18.2 Å². The smallest absolute Gasteiger partial charge is 0.335 e. The maximum Gasteiger partial charge on any atom is 0.416 e. The molecule has 2 unspecified atom stereocenters. The summed E-state index contributed by atoms with van der Waals surface area (Å²) in [5.41, 5.74) is -0.277. The van der Waals surface area contributed by atoms with Crippen LogP contribution in [0.4, 0.5) is 23.1 Å². The zero-order valence-corrected chi connectivity index (χ0v) is 13.9. The molecule has 1 aromatic heterocycles. The van der Waals surface area contributed by atoms with Gasteiger partial charge in [0.05, 0.1) is 15.8 Å². The Bertz CT molecular complexity index is 744. The van der Waals surface area contributed by atoms with E-state index in [4.69, 9.17) is 0 Å². The summed E-state index contributed by atoms with van der Waals surface area (Å²) < 4.78 is 38.6. The molecule has 0 saturated heterocycles. The molecule has 1 fully saturated rings. The molecule has 2 N–H and O–H groups in total. The van der Waals surface area contributed by atoms with Crippen LogP contribution in [0.5, 0.6) is 0 Å². The molecule has 8 heteroatoms. The van der Waals surface area contributed by atoms with Gasteiger partial charge in [0.25, 0.3) is 0 Å². The lowest BCUT2D eigenvalue weighted by atomic mass is 9.87. The molecule has 0 spiro atoms. The van der Waals surface area contributed by atoms with Gasteiger partial charge in [0, 0.05) is 6.04 Å². The van der Waals surface area contributed by atoms with E-state index in [-0.39, 0.29) is 12.1 Å². The zero-order valence-electron chi connectivity index (χ0n) is 13.1. The van der Waals surface area contributed by atoms with Crippen molar-refractivity contribution in [1.82, 2.24) is 10.3 Å². The minimum atomic E-state index is -4.39. The number of alkyl halides is 3. The monoisotopic (exact) mass is 357 g/mol. The van der Waals surface area contributed by atoms with E-state index in [1.165, 1.54) is 12.5 Å². The fraction of sp³-hybridized carbons (Fsp3) is 0.500. The molecule has 2 amide bonds. The summed E-state index contributed by atoms with van der Waals surface area (Å²) >= 11 is 1.04. The second-order valence-corrected chi connectivity index (χ2v) is 7.30. The number of fused-ring (bicyclic) bond motifs is 1. The second-order valence-electron chi connectivity index (χ2n) is 6.27. The zero-order chi connectivity index (χ0) is 17.3. The number of hydrogen-bond donors (Lipinski definition) is 2. The quantitative estimate of drug-likeness (QED) is 0.793. The molecule has 0 aliphatic heterocycles. The lowest BCUT2D eigenvalue weighted by Gasteiger charge is -2.27. The number of nitrogens with zero attached hydrogens (tertiary/aromatic N) is 1. The molecule has 1 aromatic carbocycles. The molecule has 3 rings (SSSR count). The van der Waals surface area contributed by atoms with E-state index in [1.54, 1.807) is 0 Å². The van der Waals surface area contributed by atoms with Crippen molar-refractivity contribution in [3.05, 3.63) is 23.8 Å².